The van der Waals surface area contributed by atoms with E-state index >= 15 is 0 Å². The zero-order chi connectivity index (χ0) is 15.2. The number of carbonyl (C=O) groups is 1. The first-order valence-electron chi connectivity index (χ1n) is 7.05. The summed E-state index contributed by atoms with van der Waals surface area (Å²) in [5, 5.41) is 5.67. The van der Waals surface area contributed by atoms with E-state index in [9.17, 15) is 9.18 Å². The van der Waals surface area contributed by atoms with Crippen molar-refractivity contribution in [3.05, 3.63) is 12.0 Å². The summed E-state index contributed by atoms with van der Waals surface area (Å²) in [4.78, 5) is 21.8. The molecule has 1 aliphatic rings. The molecule has 1 fully saturated rings. The molecule has 1 saturated heterocycles. The number of aromatic nitrogens is 2. The van der Waals surface area contributed by atoms with Crippen LogP contribution in [-0.2, 0) is 9.53 Å². The van der Waals surface area contributed by atoms with Crippen LogP contribution in [0.2, 0.25) is 0 Å². The summed E-state index contributed by atoms with van der Waals surface area (Å²) in [5.41, 5.74) is 0. The lowest BCUT2D eigenvalue weighted by molar-refractivity contribution is -0.124. The first-order chi connectivity index (χ1) is 10.2. The maximum atomic E-state index is 14.1. The van der Waals surface area contributed by atoms with E-state index in [0.29, 0.717) is 32.2 Å². The Balaban J connectivity index is 2.28. The maximum absolute atomic E-state index is 14.1. The van der Waals surface area contributed by atoms with Gasteiger partial charge in [0.25, 0.3) is 0 Å². The summed E-state index contributed by atoms with van der Waals surface area (Å²) in [5.74, 6) is -0.274. The maximum Gasteiger partial charge on any atom is 0.245 e. The van der Waals surface area contributed by atoms with Crippen molar-refractivity contribution in [3.8, 4) is 0 Å². The quantitative estimate of drug-likeness (QED) is 0.818. The van der Waals surface area contributed by atoms with Crippen LogP contribution in [0.15, 0.2) is 6.20 Å². The smallest absolute Gasteiger partial charge is 0.245 e. The highest BCUT2D eigenvalue weighted by Crippen LogP contribution is 2.22. The average molecular weight is 297 g/mol. The molecular formula is C13H20FN5O2. The molecular weight excluding hydrogens is 277 g/mol. The summed E-state index contributed by atoms with van der Waals surface area (Å²) in [6.07, 6.45) is 1.12. The third kappa shape index (κ3) is 3.57. The number of nitrogens with one attached hydrogen (secondary N) is 2. The number of morpholine rings is 1. The topological polar surface area (TPSA) is 79.4 Å². The Morgan fingerprint density at radius 2 is 2.33 bits per heavy atom. The molecule has 0 bridgehead atoms. The van der Waals surface area contributed by atoms with Gasteiger partial charge in [0, 0.05) is 19.6 Å². The van der Waals surface area contributed by atoms with Crippen LogP contribution in [0, 0.1) is 5.82 Å². The summed E-state index contributed by atoms with van der Waals surface area (Å²) in [6, 6.07) is -0.586. The number of carbonyl (C=O) groups excluding carboxylic acids is 1. The molecule has 2 N–H and O–H groups in total. The number of amides is 1. The van der Waals surface area contributed by atoms with Crippen LogP contribution < -0.4 is 15.5 Å². The molecule has 2 rings (SSSR count). The van der Waals surface area contributed by atoms with Crippen molar-refractivity contribution in [2.75, 3.05) is 43.1 Å². The van der Waals surface area contributed by atoms with E-state index in [-0.39, 0.29) is 18.3 Å². The molecule has 7 nitrogen and oxygen atoms in total. The predicted molar refractivity (Wildman–Crippen MR) is 76.8 cm³/mol. The summed E-state index contributed by atoms with van der Waals surface area (Å²) in [7, 11) is 0. The number of rotatable bonds is 5. The second-order valence-electron chi connectivity index (χ2n) is 4.57. The van der Waals surface area contributed by atoms with Crippen LogP contribution in [0.5, 0.6) is 0 Å². The molecule has 1 aromatic heterocycles. The number of likely N-dealkylation sites (N-methyl/N-ethyl adjacent to an activating group) is 1. The van der Waals surface area contributed by atoms with Crippen molar-refractivity contribution >= 4 is 17.7 Å². The fraction of sp³-hybridized carbons (Fsp3) is 0.615. The summed E-state index contributed by atoms with van der Waals surface area (Å²) >= 11 is 0. The lowest BCUT2D eigenvalue weighted by atomic mass is 10.2. The molecule has 1 atom stereocenters. The second-order valence-corrected chi connectivity index (χ2v) is 4.57. The van der Waals surface area contributed by atoms with E-state index in [4.69, 9.17) is 4.74 Å². The van der Waals surface area contributed by atoms with Crippen molar-refractivity contribution in [3.63, 3.8) is 0 Å². The Morgan fingerprint density at radius 3 is 3.05 bits per heavy atom. The van der Waals surface area contributed by atoms with Gasteiger partial charge in [-0.2, -0.15) is 4.98 Å². The molecule has 1 unspecified atom stereocenters. The lowest BCUT2D eigenvalue weighted by Gasteiger charge is -2.35. The molecule has 21 heavy (non-hydrogen) atoms. The van der Waals surface area contributed by atoms with E-state index in [1.807, 2.05) is 13.8 Å². The first-order valence-corrected chi connectivity index (χ1v) is 7.05. The van der Waals surface area contributed by atoms with Gasteiger partial charge in [-0.25, -0.2) is 9.37 Å². The average Bonchev–Trinajstić information content (AvgIpc) is 2.50. The molecule has 0 aliphatic carbocycles. The van der Waals surface area contributed by atoms with Crippen molar-refractivity contribution in [1.82, 2.24) is 15.3 Å². The molecule has 1 aliphatic heterocycles. The van der Waals surface area contributed by atoms with Crippen LogP contribution in [0.3, 0.4) is 0 Å². The molecule has 0 radical (unpaired) electrons. The van der Waals surface area contributed by atoms with Gasteiger partial charge in [0.05, 0.1) is 19.4 Å². The van der Waals surface area contributed by atoms with Crippen LogP contribution in [-0.4, -0.2) is 54.8 Å². The Morgan fingerprint density at radius 1 is 1.52 bits per heavy atom. The fourth-order valence-electron chi connectivity index (χ4n) is 2.17. The van der Waals surface area contributed by atoms with Gasteiger partial charge in [-0.1, -0.05) is 0 Å². The van der Waals surface area contributed by atoms with Crippen LogP contribution in [0.4, 0.5) is 16.2 Å². The minimum absolute atomic E-state index is 0.125. The molecule has 1 aromatic rings. The van der Waals surface area contributed by atoms with Crippen LogP contribution >= 0.6 is 0 Å². The predicted octanol–water partition coefficient (Wildman–Crippen LogP) is 0.389. The van der Waals surface area contributed by atoms with E-state index in [1.165, 1.54) is 0 Å². The van der Waals surface area contributed by atoms with Crippen LogP contribution in [0.1, 0.15) is 13.8 Å². The zero-order valence-electron chi connectivity index (χ0n) is 12.2. The number of hydrogen-bond donors (Lipinski definition) is 2. The number of nitrogens with zero attached hydrogens (tertiary/aromatic N) is 3. The lowest BCUT2D eigenvalue weighted by Crippen LogP contribution is -2.54. The minimum Gasteiger partial charge on any atom is -0.377 e. The summed E-state index contributed by atoms with van der Waals surface area (Å²) < 4.78 is 19.4. The third-order valence-corrected chi connectivity index (χ3v) is 3.11. The van der Waals surface area contributed by atoms with E-state index in [0.717, 1.165) is 6.20 Å². The Labute approximate surface area is 122 Å². The van der Waals surface area contributed by atoms with E-state index < -0.39 is 11.9 Å². The zero-order valence-corrected chi connectivity index (χ0v) is 12.2. The molecule has 2 heterocycles. The second kappa shape index (κ2) is 7.16. The van der Waals surface area contributed by atoms with Gasteiger partial charge in [-0.05, 0) is 13.8 Å². The molecule has 0 saturated carbocycles. The van der Waals surface area contributed by atoms with Crippen molar-refractivity contribution in [2.45, 2.75) is 19.9 Å². The standard InChI is InChI=1S/C13H20FN5O2/c1-3-15-12(20)10-8-21-6-5-19(10)11-9(14)7-17-13(18-11)16-4-2/h7,10H,3-6,8H2,1-2H3,(H,15,20)(H,16,17,18). The number of halogens is 1. The largest absolute Gasteiger partial charge is 0.377 e. The fourth-order valence-corrected chi connectivity index (χ4v) is 2.17. The van der Waals surface area contributed by atoms with Gasteiger partial charge in [-0.15, -0.1) is 0 Å². The van der Waals surface area contributed by atoms with Gasteiger partial charge in [0.15, 0.2) is 11.6 Å². The number of hydrogen-bond acceptors (Lipinski definition) is 6. The van der Waals surface area contributed by atoms with E-state index in [1.54, 1.807) is 4.90 Å². The molecule has 0 aromatic carbocycles. The highest BCUT2D eigenvalue weighted by molar-refractivity contribution is 5.85. The Kier molecular flexibility index (Phi) is 5.26. The van der Waals surface area contributed by atoms with Crippen molar-refractivity contribution < 1.29 is 13.9 Å². The number of anilines is 2. The van der Waals surface area contributed by atoms with Gasteiger partial charge >= 0.3 is 0 Å². The minimum atomic E-state index is -0.586. The Hall–Kier alpha value is -1.96. The molecule has 1 amide bonds. The van der Waals surface area contributed by atoms with Gasteiger partial charge < -0.3 is 20.3 Å². The molecule has 0 spiro atoms. The van der Waals surface area contributed by atoms with E-state index in [2.05, 4.69) is 20.6 Å². The highest BCUT2D eigenvalue weighted by Gasteiger charge is 2.32. The van der Waals surface area contributed by atoms with Crippen molar-refractivity contribution in [1.29, 1.82) is 0 Å². The highest BCUT2D eigenvalue weighted by atomic mass is 19.1. The third-order valence-electron chi connectivity index (χ3n) is 3.11. The Bertz CT molecular complexity index is 499. The van der Waals surface area contributed by atoms with Gasteiger partial charge in [0.1, 0.15) is 6.04 Å². The number of ether oxygens (including phenoxy) is 1. The van der Waals surface area contributed by atoms with Crippen LogP contribution in [0.25, 0.3) is 0 Å². The van der Waals surface area contributed by atoms with Gasteiger partial charge in [0.2, 0.25) is 11.9 Å². The molecule has 116 valence electrons. The van der Waals surface area contributed by atoms with Gasteiger partial charge in [-0.3, -0.25) is 4.79 Å². The normalized spacial score (nSPS) is 18.4. The molecule has 8 heteroatoms. The first kappa shape index (κ1) is 15.4. The van der Waals surface area contributed by atoms with Crippen molar-refractivity contribution in [2.24, 2.45) is 0 Å². The summed E-state index contributed by atoms with van der Waals surface area (Å²) in [6.45, 7) is 5.92. The monoisotopic (exact) mass is 297 g/mol. The SMILES string of the molecule is CCNC(=O)C1COCCN1c1nc(NCC)ncc1F.